The Hall–Kier alpha value is -2.33. The highest BCUT2D eigenvalue weighted by molar-refractivity contribution is 7.93. The normalized spacial score (nSPS) is 13.6. The molecule has 0 radical (unpaired) electrons. The van der Waals surface area contributed by atoms with E-state index in [1.54, 1.807) is 0 Å². The zero-order valence-electron chi connectivity index (χ0n) is 19.9. The molecule has 0 fully saturated rings. The summed E-state index contributed by atoms with van der Waals surface area (Å²) >= 11 is 12.2. The predicted octanol–water partition coefficient (Wildman–Crippen LogP) is 5.51. The van der Waals surface area contributed by atoms with Gasteiger partial charge < -0.3 is 0 Å². The molecule has 0 bridgehead atoms. The largest absolute Gasteiger partial charge is 0.435 e. The van der Waals surface area contributed by atoms with E-state index in [-0.39, 0.29) is 13.0 Å². The van der Waals surface area contributed by atoms with Crippen molar-refractivity contribution in [1.29, 1.82) is 0 Å². The van der Waals surface area contributed by atoms with E-state index in [9.17, 15) is 47.6 Å². The number of halogens is 9. The molecule has 10 nitrogen and oxygen atoms in total. The third-order valence-corrected chi connectivity index (χ3v) is 11.1. The molecule has 0 aliphatic rings. The van der Waals surface area contributed by atoms with Crippen molar-refractivity contribution in [2.24, 2.45) is 14.1 Å². The Labute approximate surface area is 244 Å². The first-order valence-corrected chi connectivity index (χ1v) is 15.8. The summed E-state index contributed by atoms with van der Waals surface area (Å²) < 4.78 is 139. The Morgan fingerprint density at radius 3 is 1.76 bits per heavy atom. The second-order valence-corrected chi connectivity index (χ2v) is 15.4. The van der Waals surface area contributed by atoms with Crippen LogP contribution >= 0.6 is 45.9 Å². The van der Waals surface area contributed by atoms with Crippen LogP contribution in [0, 0.1) is 0 Å². The molecule has 1 atom stereocenters. The summed E-state index contributed by atoms with van der Waals surface area (Å²) in [5.74, 6) is -0.834. The number of nitrogens with zero attached hydrogens (tertiary/aromatic N) is 6. The van der Waals surface area contributed by atoms with Crippen molar-refractivity contribution in [1.82, 2.24) is 29.5 Å². The van der Waals surface area contributed by atoms with Gasteiger partial charge in [-0.15, -0.1) is 0 Å². The molecule has 0 aliphatic carbocycles. The van der Waals surface area contributed by atoms with E-state index in [2.05, 4.69) is 20.2 Å². The Bertz CT molecular complexity index is 1760. The summed E-state index contributed by atoms with van der Waals surface area (Å²) in [5, 5.41) is 6.31. The highest BCUT2D eigenvalue weighted by Gasteiger charge is 2.44. The van der Waals surface area contributed by atoms with Gasteiger partial charge in [0.25, 0.3) is 0 Å². The van der Waals surface area contributed by atoms with Crippen molar-refractivity contribution >= 4 is 65.5 Å². The van der Waals surface area contributed by atoms with E-state index in [0.717, 1.165) is 30.3 Å². The predicted molar refractivity (Wildman–Crippen MR) is 133 cm³/mol. The molecule has 0 aromatic carbocycles. The van der Waals surface area contributed by atoms with E-state index >= 15 is 0 Å². The number of aryl methyl sites for hydroxylation is 2. The molecule has 23 heteroatoms. The van der Waals surface area contributed by atoms with Crippen LogP contribution in [0.5, 0.6) is 0 Å². The molecule has 0 saturated carbocycles. The van der Waals surface area contributed by atoms with Gasteiger partial charge in [0.1, 0.15) is 8.67 Å². The number of hydrogen-bond acceptors (Lipinski definition) is 10. The van der Waals surface area contributed by atoms with Gasteiger partial charge in [-0.3, -0.25) is 9.36 Å². The van der Waals surface area contributed by atoms with Crippen LogP contribution in [-0.2, 0) is 51.9 Å². The molecular weight excluding hydrogens is 696 g/mol. The SMILES string of the molecule is Cn1cc(C(F)S(=O)(=O)c2ncc(Cl)s2)c(C(F)(F)F)n1.Cn1cc(CS(=O)(=O)c2ncc(Cl)s2)c(C(F)(F)F)n1. The van der Waals surface area contributed by atoms with Crippen molar-refractivity contribution in [3.63, 3.8) is 0 Å². The van der Waals surface area contributed by atoms with Crippen LogP contribution in [0.2, 0.25) is 8.67 Å². The Kier molecular flexibility index (Phi) is 9.50. The summed E-state index contributed by atoms with van der Waals surface area (Å²) in [6.45, 7) is 0. The van der Waals surface area contributed by atoms with Crippen LogP contribution < -0.4 is 0 Å². The van der Waals surface area contributed by atoms with Gasteiger partial charge in [0.15, 0.2) is 11.4 Å². The quantitative estimate of drug-likeness (QED) is 0.240. The van der Waals surface area contributed by atoms with Gasteiger partial charge in [0.05, 0.1) is 23.7 Å². The molecule has 0 amide bonds. The third kappa shape index (κ3) is 7.74. The molecule has 0 N–H and O–H groups in total. The monoisotopic (exact) mass is 708 g/mol. The van der Waals surface area contributed by atoms with E-state index in [1.165, 1.54) is 7.05 Å². The smallest absolute Gasteiger partial charge is 0.275 e. The first-order chi connectivity index (χ1) is 18.6. The van der Waals surface area contributed by atoms with E-state index in [4.69, 9.17) is 23.2 Å². The Morgan fingerprint density at radius 2 is 1.29 bits per heavy atom. The lowest BCUT2D eigenvalue weighted by atomic mass is 10.2. The molecule has 4 aromatic heterocycles. The number of aromatic nitrogens is 6. The zero-order valence-corrected chi connectivity index (χ0v) is 24.7. The van der Waals surface area contributed by atoms with Crippen molar-refractivity contribution in [2.75, 3.05) is 0 Å². The molecule has 4 rings (SSSR count). The molecule has 0 spiro atoms. The van der Waals surface area contributed by atoms with Crippen LogP contribution in [-0.4, -0.2) is 46.4 Å². The minimum Gasteiger partial charge on any atom is -0.275 e. The standard InChI is InChI=1S/C9H6ClF4N3O2S2.C9H7ClF3N3O2S2/c1-17-3-4(6(16-17)9(12,13)14)7(11)21(18,19)8-15-2-5(10)20-8;1-16-3-5(7(15-16)9(11,12)13)4-20(17,18)8-14-2-6(10)19-8/h2-3,7H,1H3;2-3H,4H2,1H3. The molecule has 226 valence electrons. The maximum absolute atomic E-state index is 14.2. The highest BCUT2D eigenvalue weighted by Crippen LogP contribution is 2.40. The van der Waals surface area contributed by atoms with Gasteiger partial charge in [-0.05, 0) is 0 Å². The van der Waals surface area contributed by atoms with Crippen LogP contribution in [0.15, 0.2) is 33.5 Å². The second kappa shape index (κ2) is 11.7. The van der Waals surface area contributed by atoms with Gasteiger partial charge in [-0.2, -0.15) is 36.5 Å². The van der Waals surface area contributed by atoms with E-state index in [1.807, 2.05) is 0 Å². The van der Waals surface area contributed by atoms with Gasteiger partial charge >= 0.3 is 12.4 Å². The highest BCUT2D eigenvalue weighted by atomic mass is 35.5. The number of thiazole rings is 2. The lowest BCUT2D eigenvalue weighted by molar-refractivity contribution is -0.143. The zero-order chi connectivity index (χ0) is 31.1. The maximum Gasteiger partial charge on any atom is 0.435 e. The Balaban J connectivity index is 0.000000226. The van der Waals surface area contributed by atoms with Crippen molar-refractivity contribution in [3.8, 4) is 0 Å². The van der Waals surface area contributed by atoms with E-state index < -0.39 is 70.1 Å². The molecule has 41 heavy (non-hydrogen) atoms. The Morgan fingerprint density at radius 1 is 0.829 bits per heavy atom. The first kappa shape index (κ1) is 33.2. The summed E-state index contributed by atoms with van der Waals surface area (Å²) in [7, 11) is -6.32. The summed E-state index contributed by atoms with van der Waals surface area (Å²) in [4.78, 5) is 6.96. The lowest BCUT2D eigenvalue weighted by Gasteiger charge is -2.09. The fourth-order valence-electron chi connectivity index (χ4n) is 3.05. The van der Waals surface area contributed by atoms with Gasteiger partial charge in [0.2, 0.25) is 33.9 Å². The topological polar surface area (TPSA) is 130 Å². The molecule has 0 aliphatic heterocycles. The number of rotatable bonds is 6. The average molecular weight is 710 g/mol. The number of sulfone groups is 2. The minimum absolute atomic E-state index is 0.0250. The summed E-state index contributed by atoms with van der Waals surface area (Å²) in [6.07, 6.45) is -5.90. The van der Waals surface area contributed by atoms with Crippen molar-refractivity contribution in [3.05, 3.63) is 56.0 Å². The lowest BCUT2D eigenvalue weighted by Crippen LogP contribution is -2.15. The summed E-state index contributed by atoms with van der Waals surface area (Å²) in [5.41, 5.74) is -7.26. The van der Waals surface area contributed by atoms with Crippen LogP contribution in [0.25, 0.3) is 0 Å². The van der Waals surface area contributed by atoms with Crippen LogP contribution in [0.1, 0.15) is 28.0 Å². The van der Waals surface area contributed by atoms with Gasteiger partial charge in [-0.25, -0.2) is 31.2 Å². The number of alkyl halides is 7. The second-order valence-electron chi connectivity index (χ2n) is 7.76. The summed E-state index contributed by atoms with van der Waals surface area (Å²) in [6, 6.07) is 0. The van der Waals surface area contributed by atoms with E-state index in [0.29, 0.717) is 33.6 Å². The molecule has 4 aromatic rings. The van der Waals surface area contributed by atoms with Crippen molar-refractivity contribution < 1.29 is 47.6 Å². The molecule has 4 heterocycles. The fourth-order valence-corrected chi connectivity index (χ4v) is 8.40. The minimum atomic E-state index is -4.98. The van der Waals surface area contributed by atoms with Crippen LogP contribution in [0.3, 0.4) is 0 Å². The molecule has 1 unspecified atom stereocenters. The maximum atomic E-state index is 14.2. The first-order valence-electron chi connectivity index (χ1n) is 10.2. The third-order valence-electron chi connectivity index (χ3n) is 4.58. The molecule has 0 saturated heterocycles. The number of hydrogen-bond donors (Lipinski definition) is 0. The molecular formula is C18H13Cl2F7N6O4S4. The average Bonchev–Trinajstić information content (AvgIpc) is 3.60. The van der Waals surface area contributed by atoms with Crippen molar-refractivity contribution in [2.45, 2.75) is 32.3 Å². The van der Waals surface area contributed by atoms with Crippen LogP contribution in [0.4, 0.5) is 30.7 Å². The van der Waals surface area contributed by atoms with Gasteiger partial charge in [-0.1, -0.05) is 45.9 Å². The fraction of sp³-hybridized carbons (Fsp3) is 0.333. The van der Waals surface area contributed by atoms with Gasteiger partial charge in [0, 0.05) is 32.1 Å².